The lowest BCUT2D eigenvalue weighted by molar-refractivity contribution is 1.24. The van der Waals surface area contributed by atoms with Crippen LogP contribution in [0.2, 0.25) is 0 Å². The Balaban J connectivity index is 2.73. The molecule has 1 aromatic carbocycles. The van der Waals surface area contributed by atoms with Crippen LogP contribution in [0.5, 0.6) is 0 Å². The quantitative estimate of drug-likeness (QED) is 0.582. The number of nitrogens with two attached hydrogens (primary N) is 1. The van der Waals surface area contributed by atoms with E-state index in [4.69, 9.17) is 17.3 Å². The number of halogens is 1. The van der Waals surface area contributed by atoms with Crippen LogP contribution in [0.4, 0.5) is 5.69 Å². The molecule has 0 saturated carbocycles. The molecule has 0 spiro atoms. The molecule has 0 unspecified atom stereocenters. The van der Waals surface area contributed by atoms with Crippen molar-refractivity contribution >= 4 is 23.4 Å². The van der Waals surface area contributed by atoms with Crippen LogP contribution in [0.25, 0.3) is 6.08 Å². The van der Waals surface area contributed by atoms with Crippen molar-refractivity contribution in [2.24, 2.45) is 0 Å². The summed E-state index contributed by atoms with van der Waals surface area (Å²) in [7, 11) is 0. The molecule has 0 bridgehead atoms. The number of anilines is 1. The number of aryl methyl sites for hydroxylation is 1. The Hall–Kier alpha value is -0.950. The normalized spacial score (nSPS) is 10.9. The first-order valence-electron chi connectivity index (χ1n) is 4.32. The van der Waals surface area contributed by atoms with E-state index in [1.807, 2.05) is 25.1 Å². The molecule has 0 atom stereocenters. The van der Waals surface area contributed by atoms with Crippen LogP contribution in [0, 0.1) is 6.92 Å². The van der Waals surface area contributed by atoms with Crippen LogP contribution >= 0.6 is 11.6 Å². The summed E-state index contributed by atoms with van der Waals surface area (Å²) in [5.74, 6) is 0.665. The predicted molar refractivity (Wildman–Crippen MR) is 60.0 cm³/mol. The summed E-state index contributed by atoms with van der Waals surface area (Å²) in [6.45, 7) is 2.00. The van der Waals surface area contributed by atoms with Crippen LogP contribution in [-0.2, 0) is 0 Å². The maximum Gasteiger partial charge on any atom is 0.0349 e. The van der Waals surface area contributed by atoms with E-state index in [2.05, 4.69) is 12.1 Å². The molecule has 0 aliphatic heterocycles. The molecule has 2 N–H and O–H groups in total. The first-order chi connectivity index (χ1) is 6.24. The molecule has 1 rings (SSSR count). The summed E-state index contributed by atoms with van der Waals surface area (Å²) in [5.41, 5.74) is 8.86. The lowest BCUT2D eigenvalue weighted by Crippen LogP contribution is -1.89. The van der Waals surface area contributed by atoms with Gasteiger partial charge in [-0.3, -0.25) is 0 Å². The molecule has 0 aromatic heterocycles. The Bertz CT molecular complexity index is 305. The number of benzene rings is 1. The molecule has 2 heteroatoms. The number of rotatable bonds is 3. The van der Waals surface area contributed by atoms with Crippen molar-refractivity contribution in [1.82, 2.24) is 0 Å². The Morgan fingerprint density at radius 2 is 2.23 bits per heavy atom. The molecule has 0 amide bonds. The van der Waals surface area contributed by atoms with Crippen LogP contribution in [0.3, 0.4) is 0 Å². The van der Waals surface area contributed by atoms with Gasteiger partial charge in [0.25, 0.3) is 0 Å². The predicted octanol–water partition coefficient (Wildman–Crippen LogP) is 3.22. The lowest BCUT2D eigenvalue weighted by atomic mass is 10.1. The summed E-state index contributed by atoms with van der Waals surface area (Å²) < 4.78 is 0. The smallest absolute Gasteiger partial charge is 0.0349 e. The highest BCUT2D eigenvalue weighted by atomic mass is 35.5. The Kier molecular flexibility index (Phi) is 3.84. The van der Waals surface area contributed by atoms with Crippen molar-refractivity contribution in [3.8, 4) is 0 Å². The van der Waals surface area contributed by atoms with E-state index < -0.39 is 0 Å². The second-order valence-electron chi connectivity index (χ2n) is 3.00. The first kappa shape index (κ1) is 10.1. The van der Waals surface area contributed by atoms with Crippen LogP contribution < -0.4 is 5.73 Å². The molecule has 1 nitrogen and oxygen atoms in total. The third-order valence-electron chi connectivity index (χ3n) is 1.89. The molecule has 0 aliphatic carbocycles. The topological polar surface area (TPSA) is 26.0 Å². The second kappa shape index (κ2) is 4.93. The van der Waals surface area contributed by atoms with Crippen molar-refractivity contribution in [1.29, 1.82) is 0 Å². The fourth-order valence-corrected chi connectivity index (χ4v) is 1.17. The van der Waals surface area contributed by atoms with Crippen LogP contribution in [0.15, 0.2) is 24.3 Å². The largest absolute Gasteiger partial charge is 0.398 e. The second-order valence-corrected chi connectivity index (χ2v) is 3.37. The van der Waals surface area contributed by atoms with Gasteiger partial charge in [0, 0.05) is 11.6 Å². The highest BCUT2D eigenvalue weighted by molar-refractivity contribution is 6.17. The average Bonchev–Trinajstić information content (AvgIpc) is 2.12. The van der Waals surface area contributed by atoms with E-state index in [0.29, 0.717) is 5.88 Å². The summed E-state index contributed by atoms with van der Waals surface area (Å²) in [5, 5.41) is 0. The minimum atomic E-state index is 0.665. The number of hydrogen-bond acceptors (Lipinski definition) is 1. The Labute approximate surface area is 84.2 Å². The van der Waals surface area contributed by atoms with Gasteiger partial charge in [0.05, 0.1) is 0 Å². The van der Waals surface area contributed by atoms with Crippen LogP contribution in [-0.4, -0.2) is 5.88 Å². The monoisotopic (exact) mass is 195 g/mol. The van der Waals surface area contributed by atoms with Gasteiger partial charge in [-0.1, -0.05) is 24.3 Å². The zero-order valence-corrected chi connectivity index (χ0v) is 8.51. The van der Waals surface area contributed by atoms with E-state index in [-0.39, 0.29) is 0 Å². The number of nitrogen functional groups attached to an aromatic ring is 1. The van der Waals surface area contributed by atoms with E-state index in [9.17, 15) is 0 Å². The Morgan fingerprint density at radius 3 is 2.85 bits per heavy atom. The minimum Gasteiger partial charge on any atom is -0.398 e. The lowest BCUT2D eigenvalue weighted by Gasteiger charge is -2.00. The third kappa shape index (κ3) is 3.11. The fraction of sp³-hybridized carbons (Fsp3) is 0.273. The molecule has 0 fully saturated rings. The van der Waals surface area contributed by atoms with E-state index in [1.165, 1.54) is 0 Å². The van der Waals surface area contributed by atoms with Gasteiger partial charge in [-0.05, 0) is 30.5 Å². The number of alkyl halides is 1. The zero-order chi connectivity index (χ0) is 9.68. The summed E-state index contributed by atoms with van der Waals surface area (Å²) >= 11 is 5.55. The van der Waals surface area contributed by atoms with Gasteiger partial charge in [0.15, 0.2) is 0 Å². The Morgan fingerprint density at radius 1 is 1.46 bits per heavy atom. The maximum atomic E-state index is 5.76. The van der Waals surface area contributed by atoms with Gasteiger partial charge >= 0.3 is 0 Å². The SMILES string of the molecule is Cc1ccc(C=CCCCl)cc1N. The third-order valence-corrected chi connectivity index (χ3v) is 2.11. The molecule has 0 radical (unpaired) electrons. The van der Waals surface area contributed by atoms with E-state index in [0.717, 1.165) is 23.2 Å². The van der Waals surface area contributed by atoms with Gasteiger partial charge in [0.1, 0.15) is 0 Å². The molecule has 70 valence electrons. The van der Waals surface area contributed by atoms with Gasteiger partial charge in [-0.2, -0.15) is 0 Å². The summed E-state index contributed by atoms with van der Waals surface area (Å²) in [4.78, 5) is 0. The molecule has 0 heterocycles. The molecular weight excluding hydrogens is 182 g/mol. The van der Waals surface area contributed by atoms with Crippen LogP contribution in [0.1, 0.15) is 17.5 Å². The van der Waals surface area contributed by atoms with E-state index in [1.54, 1.807) is 0 Å². The van der Waals surface area contributed by atoms with Gasteiger partial charge in [0.2, 0.25) is 0 Å². The standard InChI is InChI=1S/C11H14ClN/c1-9-5-6-10(8-11(9)13)4-2-3-7-12/h2,4-6,8H,3,7,13H2,1H3. The molecule has 13 heavy (non-hydrogen) atoms. The molecule has 0 aliphatic rings. The highest BCUT2D eigenvalue weighted by Crippen LogP contribution is 2.14. The average molecular weight is 196 g/mol. The highest BCUT2D eigenvalue weighted by Gasteiger charge is 1.92. The van der Waals surface area contributed by atoms with Crippen molar-refractivity contribution < 1.29 is 0 Å². The molecule has 0 saturated heterocycles. The van der Waals surface area contributed by atoms with Crippen molar-refractivity contribution in [3.63, 3.8) is 0 Å². The van der Waals surface area contributed by atoms with Gasteiger partial charge < -0.3 is 5.73 Å². The molecule has 1 aromatic rings. The van der Waals surface area contributed by atoms with Crippen molar-refractivity contribution in [2.45, 2.75) is 13.3 Å². The summed E-state index contributed by atoms with van der Waals surface area (Å²) in [6, 6.07) is 6.05. The van der Waals surface area contributed by atoms with E-state index >= 15 is 0 Å². The van der Waals surface area contributed by atoms with Gasteiger partial charge in [-0.15, -0.1) is 11.6 Å². The van der Waals surface area contributed by atoms with Crippen molar-refractivity contribution in [3.05, 3.63) is 35.4 Å². The first-order valence-corrected chi connectivity index (χ1v) is 4.86. The van der Waals surface area contributed by atoms with Crippen molar-refractivity contribution in [2.75, 3.05) is 11.6 Å². The summed E-state index contributed by atoms with van der Waals surface area (Å²) in [6.07, 6.45) is 4.99. The fourth-order valence-electron chi connectivity index (χ4n) is 1.05. The maximum absolute atomic E-state index is 5.76. The zero-order valence-electron chi connectivity index (χ0n) is 7.76. The molecular formula is C11H14ClN. The minimum absolute atomic E-state index is 0.665. The number of hydrogen-bond donors (Lipinski definition) is 1. The van der Waals surface area contributed by atoms with Gasteiger partial charge in [-0.25, -0.2) is 0 Å². The number of allylic oxidation sites excluding steroid dienone is 1.